The zero-order valence-electron chi connectivity index (χ0n) is 15.0. The molecule has 2 aromatic carbocycles. The molecule has 26 heavy (non-hydrogen) atoms. The Morgan fingerprint density at radius 1 is 1.12 bits per heavy atom. The molecule has 1 amide bonds. The molecule has 0 saturated heterocycles. The lowest BCUT2D eigenvalue weighted by molar-refractivity contribution is -0.120. The molecule has 0 aliphatic heterocycles. The van der Waals surface area contributed by atoms with E-state index in [-0.39, 0.29) is 5.91 Å². The van der Waals surface area contributed by atoms with E-state index in [9.17, 15) is 4.79 Å². The van der Waals surface area contributed by atoms with Gasteiger partial charge in [-0.2, -0.15) is 0 Å². The minimum atomic E-state index is 0.0458. The van der Waals surface area contributed by atoms with Gasteiger partial charge in [0.1, 0.15) is 0 Å². The van der Waals surface area contributed by atoms with Crippen LogP contribution < -0.4 is 5.32 Å². The van der Waals surface area contributed by atoms with Crippen molar-refractivity contribution in [3.05, 3.63) is 65.7 Å². The SMILES string of the molecule is Cc1cccc(CNC(=O)CCSc2nnc(-c3ccccc3)n2C)c1. The zero-order valence-corrected chi connectivity index (χ0v) is 15.8. The molecule has 1 N–H and O–H groups in total. The minimum absolute atomic E-state index is 0.0458. The third-order valence-electron chi connectivity index (χ3n) is 4.00. The lowest BCUT2D eigenvalue weighted by Gasteiger charge is -2.06. The first kappa shape index (κ1) is 18.2. The van der Waals surface area contributed by atoms with Crippen LogP contribution in [-0.4, -0.2) is 26.4 Å². The van der Waals surface area contributed by atoms with Crippen molar-refractivity contribution >= 4 is 17.7 Å². The molecule has 3 aromatic rings. The van der Waals surface area contributed by atoms with Crippen molar-refractivity contribution in [1.29, 1.82) is 0 Å². The summed E-state index contributed by atoms with van der Waals surface area (Å²) in [7, 11) is 1.95. The van der Waals surface area contributed by atoms with Crippen LogP contribution >= 0.6 is 11.8 Å². The van der Waals surface area contributed by atoms with Gasteiger partial charge in [0.25, 0.3) is 0 Å². The topological polar surface area (TPSA) is 59.8 Å². The first-order chi connectivity index (χ1) is 12.6. The summed E-state index contributed by atoms with van der Waals surface area (Å²) in [5.41, 5.74) is 3.35. The van der Waals surface area contributed by atoms with Gasteiger partial charge in [-0.15, -0.1) is 10.2 Å². The second-order valence-electron chi connectivity index (χ2n) is 6.10. The highest BCUT2D eigenvalue weighted by molar-refractivity contribution is 7.99. The number of nitrogens with one attached hydrogen (secondary N) is 1. The molecule has 134 valence electrons. The number of carbonyl (C=O) groups excluding carboxylic acids is 1. The maximum Gasteiger partial charge on any atom is 0.221 e. The van der Waals surface area contributed by atoms with Gasteiger partial charge in [0.05, 0.1) is 0 Å². The molecular weight excluding hydrogens is 344 g/mol. The van der Waals surface area contributed by atoms with Gasteiger partial charge in [0, 0.05) is 31.3 Å². The molecular formula is C20H22N4OS. The molecule has 0 spiro atoms. The number of hydrogen-bond donors (Lipinski definition) is 1. The fraction of sp³-hybridized carbons (Fsp3) is 0.250. The van der Waals surface area contributed by atoms with Gasteiger partial charge in [0.15, 0.2) is 11.0 Å². The number of thioether (sulfide) groups is 1. The summed E-state index contributed by atoms with van der Waals surface area (Å²) in [6.45, 7) is 2.61. The number of hydrogen-bond acceptors (Lipinski definition) is 4. The minimum Gasteiger partial charge on any atom is -0.352 e. The monoisotopic (exact) mass is 366 g/mol. The molecule has 1 heterocycles. The van der Waals surface area contributed by atoms with E-state index in [1.165, 1.54) is 5.56 Å². The zero-order chi connectivity index (χ0) is 18.4. The first-order valence-electron chi connectivity index (χ1n) is 8.53. The van der Waals surface area contributed by atoms with Crippen LogP contribution in [-0.2, 0) is 18.4 Å². The van der Waals surface area contributed by atoms with Crippen LogP contribution in [0.25, 0.3) is 11.4 Å². The Morgan fingerprint density at radius 2 is 1.92 bits per heavy atom. The Labute approximate surface area is 157 Å². The second kappa shape index (κ2) is 8.67. The van der Waals surface area contributed by atoms with Crippen molar-refractivity contribution in [1.82, 2.24) is 20.1 Å². The number of rotatable bonds is 7. The van der Waals surface area contributed by atoms with E-state index in [1.807, 2.05) is 67.1 Å². The van der Waals surface area contributed by atoms with Crippen LogP contribution in [0.5, 0.6) is 0 Å². The predicted octanol–water partition coefficient (Wildman–Crippen LogP) is 3.59. The van der Waals surface area contributed by atoms with Crippen LogP contribution in [0.15, 0.2) is 59.8 Å². The molecule has 1 aromatic heterocycles. The van der Waals surface area contributed by atoms with Crippen LogP contribution in [0.4, 0.5) is 0 Å². The maximum atomic E-state index is 12.0. The van der Waals surface area contributed by atoms with E-state index in [0.29, 0.717) is 18.7 Å². The number of amides is 1. The van der Waals surface area contributed by atoms with Gasteiger partial charge in [-0.05, 0) is 12.5 Å². The third kappa shape index (κ3) is 4.73. The molecule has 0 fully saturated rings. The highest BCUT2D eigenvalue weighted by atomic mass is 32.2. The Hall–Kier alpha value is -2.60. The van der Waals surface area contributed by atoms with Crippen LogP contribution in [0.3, 0.4) is 0 Å². The number of benzene rings is 2. The summed E-state index contributed by atoms with van der Waals surface area (Å²) in [4.78, 5) is 12.0. The highest BCUT2D eigenvalue weighted by Gasteiger charge is 2.11. The predicted molar refractivity (Wildman–Crippen MR) is 105 cm³/mol. The van der Waals surface area contributed by atoms with Crippen molar-refractivity contribution in [2.75, 3.05) is 5.75 Å². The molecule has 0 atom stereocenters. The van der Waals surface area contributed by atoms with Gasteiger partial charge in [-0.3, -0.25) is 4.79 Å². The lowest BCUT2D eigenvalue weighted by Crippen LogP contribution is -2.23. The summed E-state index contributed by atoms with van der Waals surface area (Å²) in [5.74, 6) is 1.54. The summed E-state index contributed by atoms with van der Waals surface area (Å²) in [6, 6.07) is 18.1. The molecule has 0 aliphatic carbocycles. The Morgan fingerprint density at radius 3 is 2.69 bits per heavy atom. The van der Waals surface area contributed by atoms with Gasteiger partial charge in [-0.1, -0.05) is 71.9 Å². The molecule has 0 radical (unpaired) electrons. The van der Waals surface area contributed by atoms with Crippen molar-refractivity contribution in [3.63, 3.8) is 0 Å². The number of aromatic nitrogens is 3. The summed E-state index contributed by atoms with van der Waals surface area (Å²) >= 11 is 1.54. The number of nitrogens with zero attached hydrogens (tertiary/aromatic N) is 3. The highest BCUT2D eigenvalue weighted by Crippen LogP contribution is 2.22. The van der Waals surface area contributed by atoms with E-state index in [1.54, 1.807) is 11.8 Å². The number of carbonyl (C=O) groups is 1. The molecule has 0 saturated carbocycles. The first-order valence-corrected chi connectivity index (χ1v) is 9.52. The van der Waals surface area contributed by atoms with Crippen molar-refractivity contribution in [3.8, 4) is 11.4 Å². The van der Waals surface area contributed by atoms with E-state index in [2.05, 4.69) is 21.6 Å². The molecule has 6 heteroatoms. The van der Waals surface area contributed by atoms with E-state index >= 15 is 0 Å². The lowest BCUT2D eigenvalue weighted by atomic mass is 10.1. The average Bonchev–Trinajstić information content (AvgIpc) is 3.01. The fourth-order valence-corrected chi connectivity index (χ4v) is 3.47. The third-order valence-corrected chi connectivity index (χ3v) is 5.02. The molecule has 3 rings (SSSR count). The van der Waals surface area contributed by atoms with Crippen LogP contribution in [0, 0.1) is 6.92 Å². The Kier molecular flexibility index (Phi) is 6.07. The second-order valence-corrected chi connectivity index (χ2v) is 7.16. The molecule has 0 unspecified atom stereocenters. The summed E-state index contributed by atoms with van der Waals surface area (Å²) in [6.07, 6.45) is 0.448. The van der Waals surface area contributed by atoms with E-state index < -0.39 is 0 Å². The smallest absolute Gasteiger partial charge is 0.221 e. The quantitative estimate of drug-likeness (QED) is 0.649. The van der Waals surface area contributed by atoms with Crippen LogP contribution in [0.2, 0.25) is 0 Å². The van der Waals surface area contributed by atoms with E-state index in [0.717, 1.165) is 22.1 Å². The van der Waals surface area contributed by atoms with Gasteiger partial charge in [-0.25, -0.2) is 0 Å². The normalized spacial score (nSPS) is 10.7. The molecule has 5 nitrogen and oxygen atoms in total. The van der Waals surface area contributed by atoms with Crippen molar-refractivity contribution in [2.45, 2.75) is 25.0 Å². The Bertz CT molecular complexity index is 877. The van der Waals surface area contributed by atoms with Crippen LogP contribution in [0.1, 0.15) is 17.5 Å². The van der Waals surface area contributed by atoms with E-state index in [4.69, 9.17) is 0 Å². The van der Waals surface area contributed by atoms with Crippen molar-refractivity contribution in [2.24, 2.45) is 7.05 Å². The largest absolute Gasteiger partial charge is 0.352 e. The number of aryl methyl sites for hydroxylation is 1. The molecule has 0 aliphatic rings. The van der Waals surface area contributed by atoms with Gasteiger partial charge >= 0.3 is 0 Å². The maximum absolute atomic E-state index is 12.0. The summed E-state index contributed by atoms with van der Waals surface area (Å²) < 4.78 is 1.96. The Balaban J connectivity index is 1.48. The van der Waals surface area contributed by atoms with Gasteiger partial charge in [0.2, 0.25) is 5.91 Å². The molecule has 0 bridgehead atoms. The fourth-order valence-electron chi connectivity index (χ4n) is 2.63. The standard InChI is InChI=1S/C20H22N4OS/c1-15-7-6-8-16(13-15)14-21-18(25)11-12-26-20-23-22-19(24(20)2)17-9-4-3-5-10-17/h3-10,13H,11-12,14H2,1-2H3,(H,21,25). The van der Waals surface area contributed by atoms with Gasteiger partial charge < -0.3 is 9.88 Å². The summed E-state index contributed by atoms with van der Waals surface area (Å²) in [5, 5.41) is 12.3. The average molecular weight is 366 g/mol. The van der Waals surface area contributed by atoms with Crippen molar-refractivity contribution < 1.29 is 4.79 Å².